The van der Waals surface area contributed by atoms with Gasteiger partial charge in [0.05, 0.1) is 5.69 Å². The Bertz CT molecular complexity index is 2780. The Hall–Kier alpha value is -6.20. The second-order valence-electron chi connectivity index (χ2n) is 12.8. The van der Waals surface area contributed by atoms with E-state index in [0.29, 0.717) is 17.2 Å². The molecular formula is C45H29N4OPS. The zero-order valence-electron chi connectivity index (χ0n) is 27.8. The topological polar surface area (TPSA) is 55.1 Å². The summed E-state index contributed by atoms with van der Waals surface area (Å²) in [6.45, 7) is 0. The molecule has 9 aromatic rings. The van der Waals surface area contributed by atoms with Gasteiger partial charge in [-0.25, -0.2) is 15.0 Å². The number of aromatic nitrogens is 3. The summed E-state index contributed by atoms with van der Waals surface area (Å²) in [5.41, 5.74) is 10.6. The second kappa shape index (κ2) is 12.2. The molecule has 7 heteroatoms. The van der Waals surface area contributed by atoms with Crippen molar-refractivity contribution < 1.29 is 4.42 Å². The van der Waals surface area contributed by atoms with E-state index < -0.39 is 6.19 Å². The number of rotatable bonds is 5. The van der Waals surface area contributed by atoms with Crippen molar-refractivity contribution in [3.05, 3.63) is 176 Å². The van der Waals surface area contributed by atoms with E-state index in [1.165, 1.54) is 0 Å². The minimum Gasteiger partial charge on any atom is -0.456 e. The lowest BCUT2D eigenvalue weighted by molar-refractivity contribution is 0.669. The molecule has 0 saturated heterocycles. The number of para-hydroxylation sites is 2. The van der Waals surface area contributed by atoms with Crippen LogP contribution in [0.4, 0.5) is 11.4 Å². The van der Waals surface area contributed by atoms with Gasteiger partial charge in [0.1, 0.15) is 17.4 Å². The quantitative estimate of drug-likeness (QED) is 0.166. The maximum Gasteiger partial charge on any atom is 0.189 e. The smallest absolute Gasteiger partial charge is 0.189 e. The molecule has 0 radical (unpaired) electrons. The first-order valence-corrected chi connectivity index (χ1v) is 19.9. The predicted molar refractivity (Wildman–Crippen MR) is 217 cm³/mol. The summed E-state index contributed by atoms with van der Waals surface area (Å²) in [7, 11) is 0. The van der Waals surface area contributed by atoms with Crippen molar-refractivity contribution >= 4 is 62.2 Å². The molecule has 0 fully saturated rings. The van der Waals surface area contributed by atoms with Crippen LogP contribution < -0.4 is 15.5 Å². The zero-order valence-corrected chi connectivity index (χ0v) is 29.5. The van der Waals surface area contributed by atoms with Crippen LogP contribution in [0.5, 0.6) is 0 Å². The summed E-state index contributed by atoms with van der Waals surface area (Å²) < 4.78 is 8.61. The monoisotopic (exact) mass is 704 g/mol. The highest BCUT2D eigenvalue weighted by molar-refractivity contribution is 8.22. The highest BCUT2D eigenvalue weighted by Gasteiger charge is 2.42. The zero-order chi connectivity index (χ0) is 34.6. The first kappa shape index (κ1) is 30.6. The molecule has 1 aliphatic heterocycles. The number of fused-ring (bicyclic) bond motifs is 6. The lowest BCUT2D eigenvalue weighted by Gasteiger charge is -2.42. The Morgan fingerprint density at radius 3 is 1.81 bits per heavy atom. The Morgan fingerprint density at radius 1 is 0.481 bits per heavy atom. The fraction of sp³-hybridized carbons (Fsp3) is 0. The fourth-order valence-corrected chi connectivity index (χ4v) is 11.4. The summed E-state index contributed by atoms with van der Waals surface area (Å²) in [4.78, 5) is 15.5. The molecule has 0 bridgehead atoms. The number of furan rings is 1. The molecule has 2 aromatic heterocycles. The molecule has 7 aromatic carbocycles. The van der Waals surface area contributed by atoms with Crippen LogP contribution in [-0.2, 0) is 11.8 Å². The normalized spacial score (nSPS) is 15.0. The highest BCUT2D eigenvalue weighted by atomic mass is 32.4. The third-order valence-electron chi connectivity index (χ3n) is 9.70. The average molecular weight is 705 g/mol. The van der Waals surface area contributed by atoms with Crippen molar-refractivity contribution in [1.29, 1.82) is 0 Å². The van der Waals surface area contributed by atoms with E-state index in [4.69, 9.17) is 31.2 Å². The standard InChI is InChI=1S/C45H29N4OPS/c52-51(45-47-43(30-15-4-1-5-16-30)46-44(48-45)31-17-6-2-7-18-31)41-26-13-11-21-35(41)37-29-32(27-28-38(37)49(51)33-19-8-3-9-20-33)34-23-14-25-40-42(34)36-22-10-12-24-39(36)50-40/h1-29H. The summed E-state index contributed by atoms with van der Waals surface area (Å²) >= 11 is 7.08. The average Bonchev–Trinajstić information content (AvgIpc) is 3.61. The summed E-state index contributed by atoms with van der Waals surface area (Å²) in [6.07, 6.45) is -2.97. The van der Waals surface area contributed by atoms with Gasteiger partial charge in [-0.15, -0.1) is 0 Å². The fourth-order valence-electron chi connectivity index (χ4n) is 7.35. The van der Waals surface area contributed by atoms with Crippen LogP contribution in [0.15, 0.2) is 180 Å². The summed E-state index contributed by atoms with van der Waals surface area (Å²) in [5.74, 6) is 1.20. The van der Waals surface area contributed by atoms with Crippen LogP contribution in [0.3, 0.4) is 0 Å². The number of hydrogen-bond acceptors (Lipinski definition) is 5. The van der Waals surface area contributed by atoms with Crippen LogP contribution in [0.2, 0.25) is 0 Å². The molecule has 246 valence electrons. The maximum absolute atomic E-state index is 7.08. The largest absolute Gasteiger partial charge is 0.456 e. The molecule has 1 unspecified atom stereocenters. The van der Waals surface area contributed by atoms with Gasteiger partial charge in [-0.3, -0.25) is 0 Å². The predicted octanol–water partition coefficient (Wildman–Crippen LogP) is 10.9. The van der Waals surface area contributed by atoms with E-state index >= 15 is 0 Å². The number of nitrogens with zero attached hydrogens (tertiary/aromatic N) is 4. The minimum absolute atomic E-state index is 0.593. The van der Waals surface area contributed by atoms with Crippen LogP contribution in [0, 0.1) is 0 Å². The number of anilines is 2. The Labute approximate surface area is 306 Å². The van der Waals surface area contributed by atoms with Crippen molar-refractivity contribution in [2.24, 2.45) is 0 Å². The third-order valence-corrected chi connectivity index (χ3v) is 14.1. The van der Waals surface area contributed by atoms with Crippen molar-refractivity contribution in [2.45, 2.75) is 0 Å². The van der Waals surface area contributed by atoms with Crippen molar-refractivity contribution in [2.75, 3.05) is 4.67 Å². The molecule has 1 atom stereocenters. The molecular weight excluding hydrogens is 676 g/mol. The lowest BCUT2D eigenvalue weighted by Crippen LogP contribution is -2.36. The van der Waals surface area contributed by atoms with Gasteiger partial charge in [-0.2, -0.15) is 0 Å². The van der Waals surface area contributed by atoms with Crippen LogP contribution in [0.1, 0.15) is 0 Å². The molecule has 1 aliphatic rings. The summed E-state index contributed by atoms with van der Waals surface area (Å²) in [6, 6.07) is 60.4. The van der Waals surface area contributed by atoms with Gasteiger partial charge in [0.2, 0.25) is 0 Å². The molecule has 0 saturated carbocycles. The van der Waals surface area contributed by atoms with Crippen LogP contribution in [-0.4, -0.2) is 15.0 Å². The van der Waals surface area contributed by atoms with E-state index in [-0.39, 0.29) is 0 Å². The van der Waals surface area contributed by atoms with E-state index in [1.807, 2.05) is 84.9 Å². The SMILES string of the molecule is S=P1(c2nc(-c3ccccc3)nc(-c3ccccc3)n2)c2ccccc2-c2cc(-c3cccc4oc5ccccc5c34)ccc2N1c1ccccc1. The molecule has 0 aliphatic carbocycles. The van der Waals surface area contributed by atoms with E-state index in [0.717, 1.165) is 72.0 Å². The Balaban J connectivity index is 1.24. The van der Waals surface area contributed by atoms with Crippen molar-refractivity contribution in [3.63, 3.8) is 0 Å². The molecule has 0 spiro atoms. The van der Waals surface area contributed by atoms with Gasteiger partial charge in [0.25, 0.3) is 0 Å². The summed E-state index contributed by atoms with van der Waals surface area (Å²) in [5, 5.41) is 3.25. The molecule has 10 rings (SSSR count). The van der Waals surface area contributed by atoms with Gasteiger partial charge >= 0.3 is 0 Å². The minimum atomic E-state index is -2.97. The molecule has 0 amide bonds. The third kappa shape index (κ3) is 4.84. The van der Waals surface area contributed by atoms with Gasteiger partial charge in [-0.05, 0) is 53.1 Å². The molecule has 3 heterocycles. The van der Waals surface area contributed by atoms with Crippen molar-refractivity contribution in [3.8, 4) is 45.0 Å². The van der Waals surface area contributed by atoms with Gasteiger partial charge in [0.15, 0.2) is 17.2 Å². The van der Waals surface area contributed by atoms with Gasteiger partial charge in [-0.1, -0.05) is 151 Å². The van der Waals surface area contributed by atoms with E-state index in [1.54, 1.807) is 0 Å². The van der Waals surface area contributed by atoms with E-state index in [2.05, 4.69) is 95.7 Å². The molecule has 0 N–H and O–H groups in total. The van der Waals surface area contributed by atoms with Crippen molar-refractivity contribution in [1.82, 2.24) is 15.0 Å². The van der Waals surface area contributed by atoms with E-state index in [9.17, 15) is 0 Å². The molecule has 52 heavy (non-hydrogen) atoms. The first-order chi connectivity index (χ1) is 25.7. The lowest BCUT2D eigenvalue weighted by atomic mass is 9.94. The second-order valence-corrected chi connectivity index (χ2v) is 16.8. The molecule has 5 nitrogen and oxygen atoms in total. The maximum atomic E-state index is 7.08. The first-order valence-electron chi connectivity index (χ1n) is 17.1. The van der Waals surface area contributed by atoms with Crippen LogP contribution >= 0.6 is 6.19 Å². The number of benzene rings is 7. The Kier molecular flexibility index (Phi) is 7.20. The van der Waals surface area contributed by atoms with Gasteiger partial charge < -0.3 is 9.09 Å². The van der Waals surface area contributed by atoms with Crippen LogP contribution in [0.25, 0.3) is 67.0 Å². The number of hydrogen-bond donors (Lipinski definition) is 0. The highest BCUT2D eigenvalue weighted by Crippen LogP contribution is 2.61. The van der Waals surface area contributed by atoms with Gasteiger partial charge in [0, 0.05) is 38.5 Å². The Morgan fingerprint density at radius 2 is 1.08 bits per heavy atom.